The minimum Gasteiger partial charge on any atom is -0.408 e. The second kappa shape index (κ2) is 8.48. The number of hydrogen-bond acceptors (Lipinski definition) is 5. The number of sulfonamides is 1. The molecular weight excluding hydrogens is 402 g/mol. The summed E-state index contributed by atoms with van der Waals surface area (Å²) in [6.07, 6.45) is 0. The Labute approximate surface area is 170 Å². The summed E-state index contributed by atoms with van der Waals surface area (Å²) in [6.45, 7) is 4.27. The van der Waals surface area contributed by atoms with Gasteiger partial charge in [-0.25, -0.2) is 17.9 Å². The molecule has 3 N–H and O–H groups in total. The normalized spacial score (nSPS) is 12.9. The Morgan fingerprint density at radius 1 is 1.11 bits per heavy atom. The van der Waals surface area contributed by atoms with E-state index < -0.39 is 21.8 Å². The monoisotopic (exact) mass is 425 g/mol. The van der Waals surface area contributed by atoms with Crippen LogP contribution in [0.4, 0.5) is 0 Å². The first-order valence-corrected chi connectivity index (χ1v) is 10.1. The van der Waals surface area contributed by atoms with Crippen LogP contribution in [0.15, 0.2) is 56.6 Å². The van der Waals surface area contributed by atoms with Gasteiger partial charge in [0, 0.05) is 25.7 Å². The van der Waals surface area contributed by atoms with Gasteiger partial charge >= 0.3 is 5.76 Å². The SMILES string of the molecule is CC(C)c1ccc(C(N)CNS(=O)(=O)c2ccc3c(c2)oc(=O)n3C)cc1.Cl. The summed E-state index contributed by atoms with van der Waals surface area (Å²) in [6, 6.07) is 11.7. The topological polar surface area (TPSA) is 107 Å². The van der Waals surface area contributed by atoms with Crippen molar-refractivity contribution in [2.45, 2.75) is 30.7 Å². The highest BCUT2D eigenvalue weighted by molar-refractivity contribution is 7.89. The molecule has 0 aliphatic carbocycles. The number of aromatic nitrogens is 1. The lowest BCUT2D eigenvalue weighted by Gasteiger charge is -2.15. The molecule has 0 bridgehead atoms. The van der Waals surface area contributed by atoms with Crippen LogP contribution in [0.1, 0.15) is 36.9 Å². The van der Waals surface area contributed by atoms with Gasteiger partial charge in [0.15, 0.2) is 5.58 Å². The Morgan fingerprint density at radius 2 is 1.71 bits per heavy atom. The molecule has 28 heavy (non-hydrogen) atoms. The number of hydrogen-bond donors (Lipinski definition) is 2. The maximum atomic E-state index is 12.6. The first-order chi connectivity index (χ1) is 12.7. The van der Waals surface area contributed by atoms with E-state index in [0.29, 0.717) is 11.4 Å². The standard InChI is InChI=1S/C19H23N3O4S.ClH/c1-12(2)13-4-6-14(7-5-13)16(20)11-21-27(24,25)15-8-9-17-18(10-15)26-19(23)22(17)3;/h4-10,12,16,21H,11,20H2,1-3H3;1H. The highest BCUT2D eigenvalue weighted by Crippen LogP contribution is 2.20. The van der Waals surface area contributed by atoms with Crippen molar-refractivity contribution in [3.63, 3.8) is 0 Å². The molecule has 0 saturated heterocycles. The molecule has 0 aliphatic rings. The lowest BCUT2D eigenvalue weighted by molar-refractivity contribution is 0.527. The van der Waals surface area contributed by atoms with Crippen LogP contribution in [0.5, 0.6) is 0 Å². The number of nitrogens with zero attached hydrogens (tertiary/aromatic N) is 1. The van der Waals surface area contributed by atoms with Crippen molar-refractivity contribution < 1.29 is 12.8 Å². The largest absolute Gasteiger partial charge is 0.419 e. The van der Waals surface area contributed by atoms with Crippen LogP contribution in [0, 0.1) is 0 Å². The quantitative estimate of drug-likeness (QED) is 0.631. The van der Waals surface area contributed by atoms with Gasteiger partial charge in [0.25, 0.3) is 0 Å². The third-order valence-corrected chi connectivity index (χ3v) is 6.02. The Hall–Kier alpha value is -2.13. The van der Waals surface area contributed by atoms with Crippen LogP contribution < -0.4 is 16.2 Å². The lowest BCUT2D eigenvalue weighted by Crippen LogP contribution is -2.32. The van der Waals surface area contributed by atoms with Crippen LogP contribution in [0.25, 0.3) is 11.1 Å². The molecule has 0 fully saturated rings. The van der Waals surface area contributed by atoms with Gasteiger partial charge in [-0.1, -0.05) is 38.1 Å². The zero-order valence-corrected chi connectivity index (χ0v) is 17.5. The fourth-order valence-corrected chi connectivity index (χ4v) is 3.89. The average molecular weight is 426 g/mol. The van der Waals surface area contributed by atoms with Crippen molar-refractivity contribution in [1.29, 1.82) is 0 Å². The minimum absolute atomic E-state index is 0. The first kappa shape index (κ1) is 22.2. The zero-order valence-electron chi connectivity index (χ0n) is 15.9. The zero-order chi connectivity index (χ0) is 19.8. The molecule has 2 aromatic carbocycles. The van der Waals surface area contributed by atoms with Crippen LogP contribution in [0.2, 0.25) is 0 Å². The van der Waals surface area contributed by atoms with E-state index in [1.807, 2.05) is 24.3 Å². The van der Waals surface area contributed by atoms with E-state index in [9.17, 15) is 13.2 Å². The molecule has 0 amide bonds. The number of fused-ring (bicyclic) bond motifs is 1. The Balaban J connectivity index is 0.00000280. The molecule has 152 valence electrons. The number of oxazole rings is 1. The number of nitrogens with one attached hydrogen (secondary N) is 1. The van der Waals surface area contributed by atoms with Crippen LogP contribution in [0.3, 0.4) is 0 Å². The van der Waals surface area contributed by atoms with Crippen molar-refractivity contribution in [1.82, 2.24) is 9.29 Å². The van der Waals surface area contributed by atoms with E-state index in [1.165, 1.54) is 22.3 Å². The molecule has 0 saturated carbocycles. The Kier molecular flexibility index (Phi) is 6.71. The maximum absolute atomic E-state index is 12.6. The molecule has 0 spiro atoms. The summed E-state index contributed by atoms with van der Waals surface area (Å²) in [5.41, 5.74) is 8.93. The van der Waals surface area contributed by atoms with Gasteiger partial charge in [-0.2, -0.15) is 0 Å². The summed E-state index contributed by atoms with van der Waals surface area (Å²) >= 11 is 0. The molecule has 9 heteroatoms. The van der Waals surface area contributed by atoms with Gasteiger partial charge in [0.2, 0.25) is 10.0 Å². The van der Waals surface area contributed by atoms with E-state index in [0.717, 1.165) is 5.56 Å². The molecule has 1 aromatic heterocycles. The maximum Gasteiger partial charge on any atom is 0.419 e. The van der Waals surface area contributed by atoms with Crippen LogP contribution >= 0.6 is 12.4 Å². The summed E-state index contributed by atoms with van der Waals surface area (Å²) in [5.74, 6) is -0.124. The predicted molar refractivity (Wildman–Crippen MR) is 111 cm³/mol. The number of benzene rings is 2. The van der Waals surface area contributed by atoms with Crippen molar-refractivity contribution >= 4 is 33.5 Å². The van der Waals surface area contributed by atoms with Crippen molar-refractivity contribution in [3.8, 4) is 0 Å². The number of halogens is 1. The lowest BCUT2D eigenvalue weighted by atomic mass is 9.99. The molecule has 3 rings (SSSR count). The second-order valence-corrected chi connectivity index (χ2v) is 8.60. The third kappa shape index (κ3) is 4.47. The second-order valence-electron chi connectivity index (χ2n) is 6.84. The molecule has 1 heterocycles. The van der Waals surface area contributed by atoms with Gasteiger partial charge in [0.1, 0.15) is 0 Å². The number of rotatable bonds is 6. The molecule has 1 atom stereocenters. The van der Waals surface area contributed by atoms with E-state index in [2.05, 4.69) is 18.6 Å². The number of nitrogens with two attached hydrogens (primary N) is 1. The van der Waals surface area contributed by atoms with Gasteiger partial charge < -0.3 is 10.2 Å². The molecular formula is C19H24ClN3O4S. The highest BCUT2D eigenvalue weighted by Gasteiger charge is 2.18. The smallest absolute Gasteiger partial charge is 0.408 e. The highest BCUT2D eigenvalue weighted by atomic mass is 35.5. The van der Waals surface area contributed by atoms with Gasteiger partial charge in [-0.15, -0.1) is 12.4 Å². The molecule has 0 aliphatic heterocycles. The number of aryl methyl sites for hydroxylation is 1. The summed E-state index contributed by atoms with van der Waals surface area (Å²) < 4.78 is 34.0. The van der Waals surface area contributed by atoms with Crippen molar-refractivity contribution in [2.24, 2.45) is 12.8 Å². The van der Waals surface area contributed by atoms with Gasteiger partial charge in [-0.3, -0.25) is 4.57 Å². The third-order valence-electron chi connectivity index (χ3n) is 4.60. The average Bonchev–Trinajstić information content (AvgIpc) is 2.93. The molecule has 7 nitrogen and oxygen atoms in total. The summed E-state index contributed by atoms with van der Waals surface area (Å²) in [5, 5.41) is 0. The van der Waals surface area contributed by atoms with E-state index in [4.69, 9.17) is 10.2 Å². The van der Waals surface area contributed by atoms with E-state index in [-0.39, 0.29) is 29.4 Å². The first-order valence-electron chi connectivity index (χ1n) is 8.63. The fourth-order valence-electron chi connectivity index (χ4n) is 2.81. The van der Waals surface area contributed by atoms with Gasteiger partial charge in [-0.05, 0) is 29.2 Å². The minimum atomic E-state index is -3.78. The van der Waals surface area contributed by atoms with Crippen LogP contribution in [-0.2, 0) is 17.1 Å². The Bertz CT molecular complexity index is 1120. The molecule has 0 radical (unpaired) electrons. The van der Waals surface area contributed by atoms with E-state index in [1.54, 1.807) is 13.1 Å². The van der Waals surface area contributed by atoms with Gasteiger partial charge in [0.05, 0.1) is 10.4 Å². The van der Waals surface area contributed by atoms with Crippen molar-refractivity contribution in [2.75, 3.05) is 6.54 Å². The molecule has 1 unspecified atom stereocenters. The summed E-state index contributed by atoms with van der Waals surface area (Å²) in [4.78, 5) is 11.6. The predicted octanol–water partition coefficient (Wildman–Crippen LogP) is 2.66. The van der Waals surface area contributed by atoms with E-state index >= 15 is 0 Å². The Morgan fingerprint density at radius 3 is 2.32 bits per heavy atom. The summed E-state index contributed by atoms with van der Waals surface area (Å²) in [7, 11) is -2.22. The fraction of sp³-hybridized carbons (Fsp3) is 0.316. The van der Waals surface area contributed by atoms with Crippen molar-refractivity contribution in [3.05, 3.63) is 64.1 Å². The molecule has 3 aromatic rings. The van der Waals surface area contributed by atoms with Crippen LogP contribution in [-0.4, -0.2) is 19.5 Å².